The number of thiocarbonyl (C=S) groups is 1. The topological polar surface area (TPSA) is 62.4 Å². The van der Waals surface area contributed by atoms with Gasteiger partial charge < -0.3 is 10.1 Å². The summed E-state index contributed by atoms with van der Waals surface area (Å²) < 4.78 is 6.28. The number of aryl methyl sites for hydroxylation is 1. The van der Waals surface area contributed by atoms with Gasteiger partial charge in [-0.05, 0) is 50.7 Å². The monoisotopic (exact) mass is 393 g/mol. The van der Waals surface area contributed by atoms with Crippen LogP contribution in [0.15, 0.2) is 16.6 Å². The highest BCUT2D eigenvalue weighted by atomic mass is 79.9. The molecule has 0 aromatic heterocycles. The van der Waals surface area contributed by atoms with Crippen molar-refractivity contribution in [3.63, 3.8) is 0 Å². The Morgan fingerprint density at radius 1 is 1.43 bits per heavy atom. The molecule has 0 atom stereocenters. The van der Waals surface area contributed by atoms with E-state index in [-0.39, 0.29) is 18.6 Å². The number of carbonyl (C=O) groups excluding carboxylic acids is 1. The molecule has 8 heteroatoms. The average Bonchev–Trinajstić information content (AvgIpc) is 2.34. The Labute approximate surface area is 142 Å². The van der Waals surface area contributed by atoms with Crippen LogP contribution in [0.2, 0.25) is 5.02 Å². The number of hydrazine groups is 1. The van der Waals surface area contributed by atoms with Crippen LogP contribution in [0.25, 0.3) is 0 Å². The fraction of sp³-hybridized carbons (Fsp3) is 0.385. The number of benzene rings is 1. The molecule has 21 heavy (non-hydrogen) atoms. The smallest absolute Gasteiger partial charge is 0.276 e. The predicted molar refractivity (Wildman–Crippen MR) is 91.5 cm³/mol. The summed E-state index contributed by atoms with van der Waals surface area (Å²) in [6, 6.07) is 3.75. The third-order valence-electron chi connectivity index (χ3n) is 2.28. The zero-order valence-electron chi connectivity index (χ0n) is 11.9. The van der Waals surface area contributed by atoms with Crippen molar-refractivity contribution < 1.29 is 9.53 Å². The van der Waals surface area contributed by atoms with Gasteiger partial charge in [-0.15, -0.1) is 0 Å². The maximum atomic E-state index is 11.7. The van der Waals surface area contributed by atoms with Crippen LogP contribution in [0.4, 0.5) is 0 Å². The summed E-state index contributed by atoms with van der Waals surface area (Å²) in [5, 5.41) is 3.72. The lowest BCUT2D eigenvalue weighted by molar-refractivity contribution is -0.123. The average molecular weight is 395 g/mol. The van der Waals surface area contributed by atoms with E-state index in [1.54, 1.807) is 6.07 Å². The molecule has 0 unspecified atom stereocenters. The number of ether oxygens (including phenoxy) is 1. The second kappa shape index (κ2) is 8.41. The van der Waals surface area contributed by atoms with Crippen LogP contribution in [-0.2, 0) is 4.79 Å². The van der Waals surface area contributed by atoms with E-state index < -0.39 is 0 Å². The predicted octanol–water partition coefficient (Wildman–Crippen LogP) is 2.69. The molecule has 0 saturated heterocycles. The molecule has 0 radical (unpaired) electrons. The third kappa shape index (κ3) is 6.50. The number of amides is 1. The molecular formula is C13H17BrClN3O2S. The Morgan fingerprint density at radius 3 is 2.67 bits per heavy atom. The summed E-state index contributed by atoms with van der Waals surface area (Å²) >= 11 is 14.4. The fourth-order valence-electron chi connectivity index (χ4n) is 1.47. The Kier molecular flexibility index (Phi) is 7.21. The van der Waals surface area contributed by atoms with Gasteiger partial charge in [-0.1, -0.05) is 27.5 Å². The number of hydrogen-bond donors (Lipinski definition) is 3. The van der Waals surface area contributed by atoms with Crippen LogP contribution in [0.5, 0.6) is 5.75 Å². The van der Waals surface area contributed by atoms with E-state index >= 15 is 0 Å². The van der Waals surface area contributed by atoms with Gasteiger partial charge in [0.25, 0.3) is 5.91 Å². The molecule has 1 aromatic rings. The summed E-state index contributed by atoms with van der Waals surface area (Å²) in [7, 11) is 0. The molecule has 0 spiro atoms. The Morgan fingerprint density at radius 2 is 2.10 bits per heavy atom. The Hall–Kier alpha value is -1.05. The number of rotatable bonds is 4. The van der Waals surface area contributed by atoms with Gasteiger partial charge in [-0.2, -0.15) is 0 Å². The Bertz CT molecular complexity index is 517. The van der Waals surface area contributed by atoms with E-state index in [1.807, 2.05) is 26.8 Å². The van der Waals surface area contributed by atoms with Crippen LogP contribution in [-0.4, -0.2) is 23.7 Å². The van der Waals surface area contributed by atoms with Crippen molar-refractivity contribution in [2.75, 3.05) is 6.61 Å². The van der Waals surface area contributed by atoms with Crippen LogP contribution in [0, 0.1) is 6.92 Å². The van der Waals surface area contributed by atoms with Gasteiger partial charge in [-0.25, -0.2) is 0 Å². The maximum Gasteiger partial charge on any atom is 0.276 e. The first-order valence-electron chi connectivity index (χ1n) is 6.23. The first kappa shape index (κ1) is 18.0. The summed E-state index contributed by atoms with van der Waals surface area (Å²) in [6.45, 7) is 5.57. The van der Waals surface area contributed by atoms with E-state index in [0.717, 1.165) is 10.0 Å². The first-order valence-corrected chi connectivity index (χ1v) is 7.81. The van der Waals surface area contributed by atoms with Gasteiger partial charge in [0.2, 0.25) is 0 Å². The summed E-state index contributed by atoms with van der Waals surface area (Å²) in [5.74, 6) is 0.124. The standard InChI is InChI=1S/C13H17BrClN3O2S/c1-7(2)16-13(21)18-17-11(19)6-20-12-8(3)4-9(14)5-10(12)15/h4-5,7H,6H2,1-3H3,(H,17,19)(H2,16,18,21). The summed E-state index contributed by atoms with van der Waals surface area (Å²) in [6.07, 6.45) is 0. The molecule has 0 aliphatic carbocycles. The Balaban J connectivity index is 2.45. The largest absolute Gasteiger partial charge is 0.482 e. The number of halogens is 2. The van der Waals surface area contributed by atoms with E-state index in [1.165, 1.54) is 0 Å². The second-order valence-electron chi connectivity index (χ2n) is 4.62. The van der Waals surface area contributed by atoms with Crippen molar-refractivity contribution in [3.8, 4) is 5.75 Å². The number of hydrogen-bond acceptors (Lipinski definition) is 3. The minimum Gasteiger partial charge on any atom is -0.482 e. The van der Waals surface area contributed by atoms with Crippen molar-refractivity contribution >= 4 is 50.8 Å². The van der Waals surface area contributed by atoms with E-state index in [2.05, 4.69) is 32.1 Å². The van der Waals surface area contributed by atoms with Gasteiger partial charge in [0.05, 0.1) is 5.02 Å². The van der Waals surface area contributed by atoms with Crippen molar-refractivity contribution in [3.05, 3.63) is 27.2 Å². The normalized spacial score (nSPS) is 10.2. The van der Waals surface area contributed by atoms with Gasteiger partial charge in [-0.3, -0.25) is 15.6 Å². The molecule has 1 amide bonds. The molecular weight excluding hydrogens is 378 g/mol. The highest BCUT2D eigenvalue weighted by Gasteiger charge is 2.10. The molecule has 0 heterocycles. The third-order valence-corrected chi connectivity index (χ3v) is 3.24. The van der Waals surface area contributed by atoms with Crippen molar-refractivity contribution in [1.29, 1.82) is 0 Å². The molecule has 3 N–H and O–H groups in total. The molecule has 1 rings (SSSR count). The number of carbonyl (C=O) groups is 1. The van der Waals surface area contributed by atoms with Crippen LogP contribution in [0.1, 0.15) is 19.4 Å². The molecule has 0 fully saturated rings. The maximum absolute atomic E-state index is 11.7. The van der Waals surface area contributed by atoms with Gasteiger partial charge in [0.1, 0.15) is 5.75 Å². The number of nitrogens with one attached hydrogen (secondary N) is 3. The lowest BCUT2D eigenvalue weighted by Crippen LogP contribution is -2.49. The quantitative estimate of drug-likeness (QED) is 0.541. The lowest BCUT2D eigenvalue weighted by Gasteiger charge is -2.15. The highest BCUT2D eigenvalue weighted by Crippen LogP contribution is 2.31. The van der Waals surface area contributed by atoms with Crippen LogP contribution in [0.3, 0.4) is 0 Å². The van der Waals surface area contributed by atoms with Crippen LogP contribution < -0.4 is 20.9 Å². The highest BCUT2D eigenvalue weighted by molar-refractivity contribution is 9.10. The van der Waals surface area contributed by atoms with Gasteiger partial charge in [0, 0.05) is 10.5 Å². The molecule has 0 saturated carbocycles. The molecule has 1 aromatic carbocycles. The molecule has 5 nitrogen and oxygen atoms in total. The zero-order valence-corrected chi connectivity index (χ0v) is 15.1. The minimum atomic E-state index is -0.360. The van der Waals surface area contributed by atoms with E-state index in [4.69, 9.17) is 28.6 Å². The van der Waals surface area contributed by atoms with Crippen molar-refractivity contribution in [1.82, 2.24) is 16.2 Å². The minimum absolute atomic E-state index is 0.167. The SMILES string of the molecule is Cc1cc(Br)cc(Cl)c1OCC(=O)NNC(=S)NC(C)C. The molecule has 0 aliphatic heterocycles. The lowest BCUT2D eigenvalue weighted by atomic mass is 10.2. The first-order chi connectivity index (χ1) is 9.79. The van der Waals surface area contributed by atoms with E-state index in [0.29, 0.717) is 15.9 Å². The fourth-order valence-corrected chi connectivity index (χ4v) is 2.78. The van der Waals surface area contributed by atoms with Gasteiger partial charge >= 0.3 is 0 Å². The van der Waals surface area contributed by atoms with E-state index in [9.17, 15) is 4.79 Å². The summed E-state index contributed by atoms with van der Waals surface area (Å²) in [5.41, 5.74) is 5.87. The molecule has 0 bridgehead atoms. The van der Waals surface area contributed by atoms with Crippen LogP contribution >= 0.6 is 39.7 Å². The second-order valence-corrected chi connectivity index (χ2v) is 6.35. The molecule has 0 aliphatic rings. The van der Waals surface area contributed by atoms with Gasteiger partial charge in [0.15, 0.2) is 11.7 Å². The molecule has 116 valence electrons. The summed E-state index contributed by atoms with van der Waals surface area (Å²) in [4.78, 5) is 11.7. The zero-order chi connectivity index (χ0) is 16.0. The van der Waals surface area contributed by atoms with Crippen molar-refractivity contribution in [2.24, 2.45) is 0 Å². The van der Waals surface area contributed by atoms with Crippen molar-refractivity contribution in [2.45, 2.75) is 26.8 Å².